The minimum Gasteiger partial charge on any atom is -0.326 e. The van der Waals surface area contributed by atoms with Gasteiger partial charge in [0.1, 0.15) is 5.69 Å². The number of amides is 1. The van der Waals surface area contributed by atoms with Gasteiger partial charge in [-0.1, -0.05) is 23.4 Å². The maximum absolute atomic E-state index is 12.7. The van der Waals surface area contributed by atoms with Crippen molar-refractivity contribution in [3.8, 4) is 0 Å². The Kier molecular flexibility index (Phi) is 4.55. The van der Waals surface area contributed by atoms with E-state index in [-0.39, 0.29) is 17.6 Å². The van der Waals surface area contributed by atoms with Gasteiger partial charge >= 0.3 is 0 Å². The number of hydrogen-bond donors (Lipinski definition) is 1. The third-order valence-corrected chi connectivity index (χ3v) is 5.55. The van der Waals surface area contributed by atoms with Crippen LogP contribution in [0.4, 0.5) is 5.69 Å². The van der Waals surface area contributed by atoms with Crippen LogP contribution in [0, 0.1) is 11.8 Å². The first-order valence-corrected chi connectivity index (χ1v) is 9.11. The van der Waals surface area contributed by atoms with Crippen molar-refractivity contribution in [3.05, 3.63) is 42.2 Å². The highest BCUT2D eigenvalue weighted by Crippen LogP contribution is 2.37. The monoisotopic (exact) mass is 353 g/mol. The van der Waals surface area contributed by atoms with Gasteiger partial charge in [-0.3, -0.25) is 19.2 Å². The number of fused-ring (bicyclic) bond motifs is 3. The van der Waals surface area contributed by atoms with Gasteiger partial charge in [-0.05, 0) is 37.4 Å². The third kappa shape index (κ3) is 3.39. The highest BCUT2D eigenvalue weighted by atomic mass is 16.2. The van der Waals surface area contributed by atoms with E-state index in [1.807, 2.05) is 30.3 Å². The van der Waals surface area contributed by atoms with Crippen molar-refractivity contribution in [2.45, 2.75) is 32.4 Å². The lowest BCUT2D eigenvalue weighted by molar-refractivity contribution is -0.127. The molecule has 26 heavy (non-hydrogen) atoms. The van der Waals surface area contributed by atoms with E-state index >= 15 is 0 Å². The first kappa shape index (κ1) is 16.9. The molecule has 5 rings (SSSR count). The topological polar surface area (TPSA) is 80.1 Å². The molecule has 1 aromatic carbocycles. The number of nitrogens with one attached hydrogen (secondary N) is 1. The van der Waals surface area contributed by atoms with Crippen molar-refractivity contribution < 1.29 is 9.59 Å². The van der Waals surface area contributed by atoms with Gasteiger partial charge < -0.3 is 5.32 Å². The molecule has 3 fully saturated rings. The van der Waals surface area contributed by atoms with Crippen LogP contribution in [-0.4, -0.2) is 50.7 Å². The minimum atomic E-state index is -0.0700. The van der Waals surface area contributed by atoms with E-state index in [0.717, 1.165) is 31.6 Å². The summed E-state index contributed by atoms with van der Waals surface area (Å²) in [5, 5.41) is 11.0. The highest BCUT2D eigenvalue weighted by Gasteiger charge is 2.43. The molecule has 3 saturated heterocycles. The second-order valence-corrected chi connectivity index (χ2v) is 7.28. The van der Waals surface area contributed by atoms with Crippen molar-refractivity contribution in [2.75, 3.05) is 18.4 Å². The molecule has 1 N–H and O–H groups in total. The molecular formula is C19H23N5O2. The largest absolute Gasteiger partial charge is 0.326 e. The summed E-state index contributed by atoms with van der Waals surface area (Å²) < 4.78 is 1.75. The number of Topliss-reactive ketones (excluding diaryl/α,β-unsaturated/α-hetero) is 1. The first-order chi connectivity index (χ1) is 12.6. The smallest absolute Gasteiger partial charge is 0.229 e. The third-order valence-electron chi connectivity index (χ3n) is 5.55. The summed E-state index contributed by atoms with van der Waals surface area (Å²) in [7, 11) is 0. The van der Waals surface area contributed by atoms with Crippen molar-refractivity contribution in [1.29, 1.82) is 0 Å². The summed E-state index contributed by atoms with van der Waals surface area (Å²) in [6.07, 6.45) is 3.74. The molecule has 1 aromatic heterocycles. The molecule has 3 aliphatic heterocycles. The van der Waals surface area contributed by atoms with E-state index in [0.29, 0.717) is 24.2 Å². The Bertz CT molecular complexity index is 803. The van der Waals surface area contributed by atoms with Crippen LogP contribution in [0.25, 0.3) is 0 Å². The minimum absolute atomic E-state index is 0.0312. The van der Waals surface area contributed by atoms with Crippen molar-refractivity contribution >= 4 is 17.4 Å². The lowest BCUT2D eigenvalue weighted by Gasteiger charge is -2.49. The Morgan fingerprint density at radius 2 is 2.08 bits per heavy atom. The summed E-state index contributed by atoms with van der Waals surface area (Å²) in [4.78, 5) is 26.5. The lowest BCUT2D eigenvalue weighted by atomic mass is 9.75. The molecule has 0 saturated carbocycles. The normalized spacial score (nSPS) is 27.3. The van der Waals surface area contributed by atoms with Crippen LogP contribution in [0.1, 0.15) is 30.3 Å². The van der Waals surface area contributed by atoms with Crippen molar-refractivity contribution in [2.24, 2.45) is 11.8 Å². The Balaban J connectivity index is 1.39. The Morgan fingerprint density at radius 1 is 1.27 bits per heavy atom. The van der Waals surface area contributed by atoms with E-state index < -0.39 is 0 Å². The molecule has 1 amide bonds. The zero-order valence-electron chi connectivity index (χ0n) is 14.8. The molecule has 7 nitrogen and oxygen atoms in total. The van der Waals surface area contributed by atoms with Crippen molar-refractivity contribution in [1.82, 2.24) is 19.9 Å². The molecule has 7 heteroatoms. The quantitative estimate of drug-likeness (QED) is 0.830. The van der Waals surface area contributed by atoms with Gasteiger partial charge in [-0.25, -0.2) is 0 Å². The number of carbonyl (C=O) groups excluding carboxylic acids is 2. The molecule has 136 valence electrons. The van der Waals surface area contributed by atoms with Crippen molar-refractivity contribution in [3.63, 3.8) is 0 Å². The van der Waals surface area contributed by atoms with E-state index in [1.54, 1.807) is 10.9 Å². The predicted octanol–water partition coefficient (Wildman–Crippen LogP) is 1.83. The molecular weight excluding hydrogens is 330 g/mol. The molecule has 0 spiro atoms. The zero-order chi connectivity index (χ0) is 18.1. The van der Waals surface area contributed by atoms with Gasteiger partial charge in [0.2, 0.25) is 5.91 Å². The predicted molar refractivity (Wildman–Crippen MR) is 96.7 cm³/mol. The fourth-order valence-corrected chi connectivity index (χ4v) is 4.15. The molecule has 2 bridgehead atoms. The van der Waals surface area contributed by atoms with Crippen LogP contribution >= 0.6 is 0 Å². The number of para-hydroxylation sites is 1. The van der Waals surface area contributed by atoms with Gasteiger partial charge in [-0.15, -0.1) is 5.10 Å². The van der Waals surface area contributed by atoms with Gasteiger partial charge in [0.25, 0.3) is 0 Å². The van der Waals surface area contributed by atoms with Crippen LogP contribution in [0.3, 0.4) is 0 Å². The fraction of sp³-hybridized carbons (Fsp3) is 0.474. The van der Waals surface area contributed by atoms with E-state index in [2.05, 4.69) is 20.5 Å². The van der Waals surface area contributed by atoms with Crippen LogP contribution in [-0.2, 0) is 11.3 Å². The number of aromatic nitrogens is 3. The number of benzene rings is 1. The number of nitrogens with zero attached hydrogens (tertiary/aromatic N) is 4. The molecule has 4 heterocycles. The standard InChI is InChI=1S/C19H23N5O2/c1-13(25)18-12-24(22-21-18)10-16-9-14-7-8-23(16)11-17(14)19(26)20-15-5-3-2-4-6-15/h2-6,12,14,16-17H,7-11H2,1H3,(H,20,26)/t14?,16-,17+/m1/s1. The van der Waals surface area contributed by atoms with E-state index in [4.69, 9.17) is 0 Å². The van der Waals surface area contributed by atoms with Gasteiger partial charge in [0.15, 0.2) is 5.78 Å². The number of rotatable bonds is 5. The lowest BCUT2D eigenvalue weighted by Crippen LogP contribution is -2.57. The number of hydrogen-bond acceptors (Lipinski definition) is 5. The maximum Gasteiger partial charge on any atom is 0.229 e. The Labute approximate surface area is 152 Å². The molecule has 2 unspecified atom stereocenters. The van der Waals surface area contributed by atoms with E-state index in [9.17, 15) is 9.59 Å². The number of piperidine rings is 3. The molecule has 0 aliphatic carbocycles. The molecule has 4 atom stereocenters. The van der Waals surface area contributed by atoms with Crippen LogP contribution in [0.2, 0.25) is 0 Å². The van der Waals surface area contributed by atoms with Crippen LogP contribution < -0.4 is 5.32 Å². The first-order valence-electron chi connectivity index (χ1n) is 9.11. The van der Waals surface area contributed by atoms with Crippen LogP contribution in [0.15, 0.2) is 36.5 Å². The number of ketones is 1. The summed E-state index contributed by atoms with van der Waals surface area (Å²) >= 11 is 0. The summed E-state index contributed by atoms with van der Waals surface area (Å²) in [5.74, 6) is 0.469. The summed E-state index contributed by atoms with van der Waals surface area (Å²) in [6, 6.07) is 9.97. The summed E-state index contributed by atoms with van der Waals surface area (Å²) in [5.41, 5.74) is 1.26. The second-order valence-electron chi connectivity index (χ2n) is 7.28. The van der Waals surface area contributed by atoms with Gasteiger partial charge in [0.05, 0.1) is 18.7 Å². The van der Waals surface area contributed by atoms with Crippen LogP contribution in [0.5, 0.6) is 0 Å². The number of carbonyl (C=O) groups is 2. The SMILES string of the molecule is CC(=O)c1cn(C[C@H]2CC3CCN2C[C@@H]3C(=O)Nc2ccccc2)nn1. The highest BCUT2D eigenvalue weighted by molar-refractivity contribution is 5.93. The molecule has 3 aliphatic rings. The second kappa shape index (κ2) is 6.99. The Morgan fingerprint density at radius 3 is 2.73 bits per heavy atom. The zero-order valence-corrected chi connectivity index (χ0v) is 14.8. The van der Waals surface area contributed by atoms with Gasteiger partial charge in [-0.2, -0.15) is 0 Å². The average Bonchev–Trinajstić information content (AvgIpc) is 3.12. The Hall–Kier alpha value is -2.54. The number of anilines is 1. The molecule has 2 aromatic rings. The van der Waals surface area contributed by atoms with Gasteiger partial charge in [0, 0.05) is 25.2 Å². The summed E-state index contributed by atoms with van der Waals surface area (Å²) in [6.45, 7) is 4.00. The molecule has 0 radical (unpaired) electrons. The van der Waals surface area contributed by atoms with E-state index in [1.165, 1.54) is 6.92 Å². The fourth-order valence-electron chi connectivity index (χ4n) is 4.15. The maximum atomic E-state index is 12.7. The average molecular weight is 353 g/mol.